The van der Waals surface area contributed by atoms with Gasteiger partial charge in [-0.1, -0.05) is 18.2 Å². The number of methoxy groups -OCH3 is 1. The van der Waals surface area contributed by atoms with Gasteiger partial charge in [-0.05, 0) is 31.2 Å². The Morgan fingerprint density at radius 1 is 1.16 bits per heavy atom. The Hall–Kier alpha value is -4.14. The van der Waals surface area contributed by atoms with Gasteiger partial charge in [0.25, 0.3) is 5.91 Å². The standard InChI is InChI=1S/C22H19N3O6/c1-12-16(15-6-4-5-7-18(15)25(12)13(2)26)10-17-20(27)24(22(29)23-17)11-14-8-9-19(31-14)21(28)30-3/h4-10H,11H2,1-3H3,(H,23,29). The van der Waals surface area contributed by atoms with Gasteiger partial charge < -0.3 is 14.5 Å². The number of aromatic nitrogens is 1. The largest absolute Gasteiger partial charge is 0.463 e. The Morgan fingerprint density at radius 2 is 1.90 bits per heavy atom. The van der Waals surface area contributed by atoms with E-state index in [4.69, 9.17) is 4.42 Å². The average Bonchev–Trinajstić information content (AvgIpc) is 3.40. The van der Waals surface area contributed by atoms with Crippen LogP contribution in [0.25, 0.3) is 17.0 Å². The van der Waals surface area contributed by atoms with Crippen LogP contribution in [-0.2, 0) is 16.1 Å². The number of esters is 1. The van der Waals surface area contributed by atoms with Crippen molar-refractivity contribution in [3.8, 4) is 0 Å². The summed E-state index contributed by atoms with van der Waals surface area (Å²) in [5, 5.41) is 3.35. The molecule has 4 rings (SSSR count). The first kappa shape index (κ1) is 20.1. The monoisotopic (exact) mass is 421 g/mol. The first-order chi connectivity index (χ1) is 14.8. The fraction of sp³-hybridized carbons (Fsp3) is 0.182. The summed E-state index contributed by atoms with van der Waals surface area (Å²) in [7, 11) is 1.23. The van der Waals surface area contributed by atoms with Crippen molar-refractivity contribution in [1.29, 1.82) is 0 Å². The molecule has 0 unspecified atom stereocenters. The molecule has 0 spiro atoms. The number of nitrogens with zero attached hydrogens (tertiary/aromatic N) is 2. The van der Waals surface area contributed by atoms with Gasteiger partial charge >= 0.3 is 12.0 Å². The van der Waals surface area contributed by atoms with E-state index < -0.39 is 17.9 Å². The van der Waals surface area contributed by atoms with Crippen LogP contribution in [0.2, 0.25) is 0 Å². The van der Waals surface area contributed by atoms with Crippen LogP contribution in [0.15, 0.2) is 46.5 Å². The third-order valence-electron chi connectivity index (χ3n) is 5.09. The zero-order chi connectivity index (χ0) is 22.3. The molecule has 3 aromatic rings. The average molecular weight is 421 g/mol. The van der Waals surface area contributed by atoms with E-state index in [0.717, 1.165) is 15.8 Å². The van der Waals surface area contributed by atoms with E-state index in [1.54, 1.807) is 17.6 Å². The van der Waals surface area contributed by atoms with Crippen LogP contribution >= 0.6 is 0 Å². The minimum atomic E-state index is -0.652. The molecule has 3 heterocycles. The number of amides is 3. The van der Waals surface area contributed by atoms with Crippen LogP contribution in [0.1, 0.15) is 39.3 Å². The second kappa shape index (κ2) is 7.60. The normalized spacial score (nSPS) is 15.1. The molecule has 9 heteroatoms. The number of rotatable bonds is 4. The number of hydrogen-bond acceptors (Lipinski definition) is 6. The van der Waals surface area contributed by atoms with E-state index in [-0.39, 0.29) is 29.7 Å². The number of carbonyl (C=O) groups is 4. The van der Waals surface area contributed by atoms with Gasteiger partial charge in [0.15, 0.2) is 0 Å². The lowest BCUT2D eigenvalue weighted by Crippen LogP contribution is -2.30. The highest BCUT2D eigenvalue weighted by molar-refractivity contribution is 6.15. The molecule has 1 saturated heterocycles. The number of imide groups is 1. The van der Waals surface area contributed by atoms with Crippen molar-refractivity contribution in [3.63, 3.8) is 0 Å². The van der Waals surface area contributed by atoms with E-state index in [1.807, 2.05) is 24.3 Å². The minimum Gasteiger partial charge on any atom is -0.463 e. The summed E-state index contributed by atoms with van der Waals surface area (Å²) in [6.07, 6.45) is 1.57. The van der Waals surface area contributed by atoms with Crippen molar-refractivity contribution < 1.29 is 28.3 Å². The highest BCUT2D eigenvalue weighted by Crippen LogP contribution is 2.29. The summed E-state index contributed by atoms with van der Waals surface area (Å²) in [4.78, 5) is 49.9. The number of nitrogens with one attached hydrogen (secondary N) is 1. The summed E-state index contributed by atoms with van der Waals surface area (Å²) >= 11 is 0. The Bertz CT molecular complexity index is 1280. The van der Waals surface area contributed by atoms with Crippen LogP contribution in [0.5, 0.6) is 0 Å². The molecule has 0 atom stereocenters. The van der Waals surface area contributed by atoms with Gasteiger partial charge in [-0.15, -0.1) is 0 Å². The molecule has 0 bridgehead atoms. The molecule has 1 aliphatic heterocycles. The Balaban J connectivity index is 1.67. The van der Waals surface area contributed by atoms with Crippen molar-refractivity contribution in [2.24, 2.45) is 0 Å². The van der Waals surface area contributed by atoms with Gasteiger partial charge in [-0.25, -0.2) is 9.59 Å². The lowest BCUT2D eigenvalue weighted by atomic mass is 10.1. The summed E-state index contributed by atoms with van der Waals surface area (Å²) in [6.45, 7) is 3.10. The van der Waals surface area contributed by atoms with E-state index in [2.05, 4.69) is 10.1 Å². The molecular weight excluding hydrogens is 402 g/mol. The van der Waals surface area contributed by atoms with Crippen molar-refractivity contribution in [2.75, 3.05) is 7.11 Å². The molecule has 3 amide bonds. The Labute approximate surface area is 176 Å². The maximum Gasteiger partial charge on any atom is 0.373 e. The number of benzene rings is 1. The van der Waals surface area contributed by atoms with Gasteiger partial charge in [0.05, 0.1) is 19.2 Å². The van der Waals surface area contributed by atoms with E-state index in [0.29, 0.717) is 11.3 Å². The number of fused-ring (bicyclic) bond motifs is 1. The van der Waals surface area contributed by atoms with Crippen molar-refractivity contribution in [1.82, 2.24) is 14.8 Å². The minimum absolute atomic E-state index is 0.0204. The molecule has 1 aliphatic rings. The van der Waals surface area contributed by atoms with Crippen LogP contribution in [0, 0.1) is 6.92 Å². The molecule has 31 heavy (non-hydrogen) atoms. The second-order valence-electron chi connectivity index (χ2n) is 7.01. The molecule has 2 aromatic heterocycles. The van der Waals surface area contributed by atoms with Crippen LogP contribution < -0.4 is 5.32 Å². The molecule has 1 aromatic carbocycles. The number of urea groups is 1. The van der Waals surface area contributed by atoms with E-state index in [1.165, 1.54) is 26.2 Å². The van der Waals surface area contributed by atoms with Crippen molar-refractivity contribution >= 4 is 40.8 Å². The van der Waals surface area contributed by atoms with Gasteiger partial charge in [0.2, 0.25) is 11.7 Å². The van der Waals surface area contributed by atoms with Gasteiger partial charge in [-0.2, -0.15) is 0 Å². The van der Waals surface area contributed by atoms with Crippen LogP contribution in [0.4, 0.5) is 4.79 Å². The molecule has 158 valence electrons. The third-order valence-corrected chi connectivity index (χ3v) is 5.09. The smallest absolute Gasteiger partial charge is 0.373 e. The SMILES string of the molecule is COC(=O)c1ccc(CN2C(=O)NC(=Cc3c(C)n(C(C)=O)c4ccccc34)C2=O)o1. The summed E-state index contributed by atoms with van der Waals surface area (Å²) in [5.41, 5.74) is 2.14. The first-order valence-electron chi connectivity index (χ1n) is 9.44. The van der Waals surface area contributed by atoms with Gasteiger partial charge in [0, 0.05) is 23.6 Å². The zero-order valence-electron chi connectivity index (χ0n) is 17.1. The number of carbonyl (C=O) groups excluding carboxylic acids is 4. The maximum atomic E-state index is 12.9. The fourth-order valence-electron chi connectivity index (χ4n) is 3.67. The fourth-order valence-corrected chi connectivity index (χ4v) is 3.67. The lowest BCUT2D eigenvalue weighted by Gasteiger charge is -2.09. The highest BCUT2D eigenvalue weighted by Gasteiger charge is 2.35. The Morgan fingerprint density at radius 3 is 2.61 bits per heavy atom. The van der Waals surface area contributed by atoms with E-state index >= 15 is 0 Å². The predicted octanol–water partition coefficient (Wildman–Crippen LogP) is 3.08. The van der Waals surface area contributed by atoms with Gasteiger partial charge in [-0.3, -0.25) is 19.1 Å². The number of para-hydroxylation sites is 1. The summed E-state index contributed by atoms with van der Waals surface area (Å²) in [5.74, 6) is -1.11. The van der Waals surface area contributed by atoms with Crippen LogP contribution in [-0.4, -0.2) is 40.4 Å². The second-order valence-corrected chi connectivity index (χ2v) is 7.01. The molecule has 9 nitrogen and oxygen atoms in total. The zero-order valence-corrected chi connectivity index (χ0v) is 17.1. The first-order valence-corrected chi connectivity index (χ1v) is 9.44. The molecule has 1 fully saturated rings. The molecular formula is C22H19N3O6. The summed E-state index contributed by atoms with van der Waals surface area (Å²) < 4.78 is 11.5. The van der Waals surface area contributed by atoms with Crippen LogP contribution in [0.3, 0.4) is 0 Å². The molecule has 0 saturated carbocycles. The lowest BCUT2D eigenvalue weighted by molar-refractivity contribution is -0.123. The molecule has 0 radical (unpaired) electrons. The van der Waals surface area contributed by atoms with Crippen molar-refractivity contribution in [2.45, 2.75) is 20.4 Å². The maximum absolute atomic E-state index is 12.9. The predicted molar refractivity (Wildman–Crippen MR) is 110 cm³/mol. The topological polar surface area (TPSA) is 111 Å². The van der Waals surface area contributed by atoms with Crippen molar-refractivity contribution in [3.05, 3.63) is 64.9 Å². The number of furan rings is 1. The summed E-state index contributed by atoms with van der Waals surface area (Å²) in [6, 6.07) is 9.64. The highest BCUT2D eigenvalue weighted by atomic mass is 16.5. The molecule has 1 N–H and O–H groups in total. The van der Waals surface area contributed by atoms with E-state index in [9.17, 15) is 19.2 Å². The number of ether oxygens (including phenoxy) is 1. The Kier molecular flexibility index (Phi) is 4.94. The van der Waals surface area contributed by atoms with Gasteiger partial charge in [0.1, 0.15) is 11.5 Å². The third kappa shape index (κ3) is 3.39. The molecule has 0 aliphatic carbocycles. The quantitative estimate of drug-likeness (QED) is 0.394. The number of hydrogen-bond donors (Lipinski definition) is 1.